The smallest absolute Gasteiger partial charge is 0.316 e. The van der Waals surface area contributed by atoms with Gasteiger partial charge in [0.15, 0.2) is 18.0 Å². The summed E-state index contributed by atoms with van der Waals surface area (Å²) in [4.78, 5) is 2.07. The maximum Gasteiger partial charge on any atom is 0.316 e. The third-order valence-electron chi connectivity index (χ3n) is 5.07. The molecule has 5 rings (SSSR count). The molecule has 0 radical (unpaired) electrons. The van der Waals surface area contributed by atoms with Crippen LogP contribution in [0.25, 0.3) is 0 Å². The molecule has 0 spiro atoms. The average molecular weight is 369 g/mol. The summed E-state index contributed by atoms with van der Waals surface area (Å²) in [6.07, 6.45) is 1.13. The van der Waals surface area contributed by atoms with Crippen molar-refractivity contribution in [1.82, 2.24) is 0 Å². The van der Waals surface area contributed by atoms with E-state index < -0.39 is 5.72 Å². The molecular weight excluding hydrogens is 348 g/mol. The van der Waals surface area contributed by atoms with Gasteiger partial charge in [-0.3, -0.25) is 0 Å². The van der Waals surface area contributed by atoms with Crippen LogP contribution >= 0.6 is 11.8 Å². The molecule has 1 atom stereocenters. The molecule has 0 aliphatic carbocycles. The second-order valence-corrected chi connectivity index (χ2v) is 7.81. The maximum atomic E-state index is 11.9. The van der Waals surface area contributed by atoms with Gasteiger partial charge in [0, 0.05) is 11.3 Å². The molecule has 0 fully saturated rings. The number of ether oxygens (including phenoxy) is 2. The van der Waals surface area contributed by atoms with Crippen LogP contribution in [0, 0.1) is 0 Å². The molecule has 2 aromatic rings. The first kappa shape index (κ1) is 16.0. The second kappa shape index (κ2) is 6.21. The summed E-state index contributed by atoms with van der Waals surface area (Å²) in [6.45, 7) is 2.62. The van der Waals surface area contributed by atoms with Crippen LogP contribution in [-0.4, -0.2) is 46.9 Å². The number of rotatable bonds is 2. The maximum absolute atomic E-state index is 11.9. The highest BCUT2D eigenvalue weighted by Gasteiger charge is 2.55. The number of benzene rings is 2. The molecule has 3 aliphatic heterocycles. The van der Waals surface area contributed by atoms with Crippen molar-refractivity contribution in [1.29, 1.82) is 0 Å². The highest BCUT2D eigenvalue weighted by Crippen LogP contribution is 2.42. The van der Waals surface area contributed by atoms with Crippen LogP contribution in [0.2, 0.25) is 0 Å². The van der Waals surface area contributed by atoms with Crippen molar-refractivity contribution in [2.24, 2.45) is 0 Å². The molecule has 3 heterocycles. The van der Waals surface area contributed by atoms with Crippen molar-refractivity contribution in [2.45, 2.75) is 12.1 Å². The Balaban J connectivity index is 1.62. The molecule has 134 valence electrons. The largest absolute Gasteiger partial charge is 0.486 e. The third kappa shape index (κ3) is 2.47. The molecule has 0 aromatic heterocycles. The molecule has 1 N–H and O–H groups in total. The van der Waals surface area contributed by atoms with Crippen molar-refractivity contribution in [3.05, 3.63) is 54.1 Å². The zero-order chi connectivity index (χ0) is 17.6. The van der Waals surface area contributed by atoms with E-state index in [0.29, 0.717) is 25.5 Å². The summed E-state index contributed by atoms with van der Waals surface area (Å²) < 4.78 is 13.7. The average Bonchev–Trinajstić information content (AvgIpc) is 3.01. The van der Waals surface area contributed by atoms with Gasteiger partial charge in [0.05, 0.1) is 6.54 Å². The Morgan fingerprint density at radius 2 is 1.85 bits per heavy atom. The van der Waals surface area contributed by atoms with E-state index in [4.69, 9.17) is 9.47 Å². The fourth-order valence-corrected chi connectivity index (χ4v) is 5.05. The van der Waals surface area contributed by atoms with Crippen molar-refractivity contribution in [2.75, 3.05) is 37.0 Å². The number of thioether (sulfide) groups is 1. The number of hydrogen-bond donors (Lipinski definition) is 1. The molecule has 0 amide bonds. The Morgan fingerprint density at radius 3 is 2.69 bits per heavy atom. The van der Waals surface area contributed by atoms with Gasteiger partial charge in [0.25, 0.3) is 5.72 Å². The van der Waals surface area contributed by atoms with Gasteiger partial charge in [-0.2, -0.15) is 4.90 Å². The summed E-state index contributed by atoms with van der Waals surface area (Å²) in [7, 11) is 0. The molecule has 6 heteroatoms. The predicted molar refractivity (Wildman–Crippen MR) is 102 cm³/mol. The van der Waals surface area contributed by atoms with Gasteiger partial charge in [-0.25, -0.2) is 4.58 Å². The lowest BCUT2D eigenvalue weighted by Crippen LogP contribution is -2.46. The minimum absolute atomic E-state index is 0.538. The molecule has 0 saturated carbocycles. The summed E-state index contributed by atoms with van der Waals surface area (Å²) in [6, 6.07) is 15.9. The van der Waals surface area contributed by atoms with Crippen molar-refractivity contribution in [3.8, 4) is 11.5 Å². The Bertz CT molecular complexity index is 871. The van der Waals surface area contributed by atoms with Gasteiger partial charge >= 0.3 is 5.17 Å². The fourth-order valence-electron chi connectivity index (χ4n) is 3.87. The van der Waals surface area contributed by atoms with E-state index in [1.54, 1.807) is 0 Å². The minimum Gasteiger partial charge on any atom is -0.486 e. The van der Waals surface area contributed by atoms with Crippen LogP contribution < -0.4 is 14.4 Å². The zero-order valence-electron chi connectivity index (χ0n) is 14.4. The molecule has 3 aliphatic rings. The van der Waals surface area contributed by atoms with Gasteiger partial charge in [-0.05, 0) is 48.5 Å². The number of fused-ring (bicyclic) bond motifs is 1. The minimum atomic E-state index is -1.14. The third-order valence-corrected chi connectivity index (χ3v) is 6.26. The lowest BCUT2D eigenvalue weighted by atomic mass is 10.00. The number of anilines is 1. The van der Waals surface area contributed by atoms with E-state index in [2.05, 4.69) is 21.6 Å². The van der Waals surface area contributed by atoms with Crippen molar-refractivity contribution in [3.63, 3.8) is 0 Å². The lowest BCUT2D eigenvalue weighted by molar-refractivity contribution is -0.532. The first-order chi connectivity index (χ1) is 12.8. The van der Waals surface area contributed by atoms with Crippen molar-refractivity contribution < 1.29 is 19.2 Å². The van der Waals surface area contributed by atoms with Crippen LogP contribution in [-0.2, 0) is 5.72 Å². The van der Waals surface area contributed by atoms with E-state index in [1.807, 2.05) is 48.2 Å². The van der Waals surface area contributed by atoms with Gasteiger partial charge in [0.2, 0.25) is 0 Å². The number of hydrogen-bond acceptors (Lipinski definition) is 5. The molecule has 5 nitrogen and oxygen atoms in total. The van der Waals surface area contributed by atoms with Crippen LogP contribution in [0.5, 0.6) is 11.5 Å². The Kier molecular flexibility index (Phi) is 3.83. The highest BCUT2D eigenvalue weighted by atomic mass is 32.2. The standard InChI is InChI=1S/C20H21N2O3S/c23-20(15-7-8-17-18(13-15)25-11-10-24-17)14-21-9-4-12-26-19(21)22(20)16-5-2-1-3-6-16/h1-3,5-8,13,23H,4,9-12,14H2/q+1/t20-/m0/s1. The van der Waals surface area contributed by atoms with E-state index in [1.165, 1.54) is 0 Å². The predicted octanol–water partition coefficient (Wildman–Crippen LogP) is 2.63. The van der Waals surface area contributed by atoms with E-state index >= 15 is 0 Å². The lowest BCUT2D eigenvalue weighted by Gasteiger charge is -2.29. The van der Waals surface area contributed by atoms with Gasteiger partial charge < -0.3 is 14.6 Å². The second-order valence-electron chi connectivity index (χ2n) is 6.75. The molecule has 26 heavy (non-hydrogen) atoms. The van der Waals surface area contributed by atoms with Gasteiger partial charge in [0.1, 0.15) is 18.9 Å². The normalized spacial score (nSPS) is 24.6. The fraction of sp³-hybridized carbons (Fsp3) is 0.350. The monoisotopic (exact) mass is 369 g/mol. The summed E-state index contributed by atoms with van der Waals surface area (Å²) in [5, 5.41) is 13.0. The molecule has 2 aromatic carbocycles. The van der Waals surface area contributed by atoms with Crippen LogP contribution in [0.1, 0.15) is 12.0 Å². The topological polar surface area (TPSA) is 44.9 Å². The number of aliphatic hydroxyl groups is 1. The number of nitrogens with zero attached hydrogens (tertiary/aromatic N) is 2. The first-order valence-electron chi connectivity index (χ1n) is 8.98. The quantitative estimate of drug-likeness (QED) is 0.825. The van der Waals surface area contributed by atoms with Gasteiger partial charge in [-0.15, -0.1) is 0 Å². The van der Waals surface area contributed by atoms with E-state index in [0.717, 1.165) is 40.9 Å². The Hall–Kier alpha value is -2.18. The number of amidine groups is 1. The van der Waals surface area contributed by atoms with Crippen molar-refractivity contribution >= 4 is 22.6 Å². The Morgan fingerprint density at radius 1 is 1.04 bits per heavy atom. The summed E-state index contributed by atoms with van der Waals surface area (Å²) in [5.41, 5.74) is 0.689. The summed E-state index contributed by atoms with van der Waals surface area (Å²) >= 11 is 1.82. The first-order valence-corrected chi connectivity index (χ1v) is 9.97. The zero-order valence-corrected chi connectivity index (χ0v) is 15.2. The van der Waals surface area contributed by atoms with E-state index in [-0.39, 0.29) is 0 Å². The molecule has 0 saturated heterocycles. The number of para-hydroxylation sites is 1. The SMILES string of the molecule is O[C@]1(c2ccc3c(c2)OCCO3)C[N+]2=C(SCCC2)N1c1ccccc1. The van der Waals surface area contributed by atoms with Gasteiger partial charge in [-0.1, -0.05) is 18.2 Å². The van der Waals surface area contributed by atoms with Crippen LogP contribution in [0.4, 0.5) is 5.69 Å². The molecule has 0 unspecified atom stereocenters. The van der Waals surface area contributed by atoms with E-state index in [9.17, 15) is 5.11 Å². The molecule has 0 bridgehead atoms. The van der Waals surface area contributed by atoms with Crippen LogP contribution in [0.3, 0.4) is 0 Å². The Labute approximate surface area is 156 Å². The highest BCUT2D eigenvalue weighted by molar-refractivity contribution is 8.14. The summed E-state index contributed by atoms with van der Waals surface area (Å²) in [5.74, 6) is 2.53. The molecular formula is C20H21N2O3S+. The van der Waals surface area contributed by atoms with Crippen LogP contribution in [0.15, 0.2) is 48.5 Å².